The quantitative estimate of drug-likeness (QED) is 0.703. The van der Waals surface area contributed by atoms with E-state index in [9.17, 15) is 9.59 Å². The summed E-state index contributed by atoms with van der Waals surface area (Å²) in [6, 6.07) is 13.2. The van der Waals surface area contributed by atoms with Crippen molar-refractivity contribution in [2.24, 2.45) is 5.92 Å². The van der Waals surface area contributed by atoms with E-state index < -0.39 is 0 Å². The molecule has 1 saturated heterocycles. The second kappa shape index (κ2) is 10.1. The Morgan fingerprint density at radius 2 is 1.68 bits per heavy atom. The minimum absolute atomic E-state index is 0.0284. The second-order valence-corrected chi connectivity index (χ2v) is 9.43. The van der Waals surface area contributed by atoms with Gasteiger partial charge in [-0.3, -0.25) is 14.5 Å². The van der Waals surface area contributed by atoms with Crippen molar-refractivity contribution in [1.82, 2.24) is 9.80 Å². The van der Waals surface area contributed by atoms with Gasteiger partial charge in [-0.15, -0.1) is 0 Å². The third kappa shape index (κ3) is 4.75. The first-order valence-electron chi connectivity index (χ1n) is 12.4. The topological polar surface area (TPSA) is 71.1 Å². The van der Waals surface area contributed by atoms with E-state index in [1.165, 1.54) is 18.4 Å². The summed E-state index contributed by atoms with van der Waals surface area (Å²) in [5, 5.41) is 3.12. The number of carbonyl (C=O) groups is 2. The van der Waals surface area contributed by atoms with E-state index in [1.807, 2.05) is 47.4 Å². The fourth-order valence-electron chi connectivity index (χ4n) is 5.41. The SMILES string of the molecule is CCc1ccc(C(=O)N2CCN(C(C(=O)Nc3ccc4c(c3)OCO4)C3CCCC3)CC2)cc1. The Morgan fingerprint density at radius 3 is 2.38 bits per heavy atom. The molecule has 7 nitrogen and oxygen atoms in total. The van der Waals surface area contributed by atoms with E-state index in [4.69, 9.17) is 9.47 Å². The monoisotopic (exact) mass is 463 g/mol. The van der Waals surface area contributed by atoms with Crippen molar-refractivity contribution < 1.29 is 19.1 Å². The number of hydrogen-bond donors (Lipinski definition) is 1. The van der Waals surface area contributed by atoms with Crippen LogP contribution in [0.1, 0.15) is 48.5 Å². The molecule has 2 amide bonds. The number of anilines is 1. The molecule has 0 spiro atoms. The first kappa shape index (κ1) is 22.7. The largest absolute Gasteiger partial charge is 0.454 e. The smallest absolute Gasteiger partial charge is 0.253 e. The van der Waals surface area contributed by atoms with Gasteiger partial charge in [0.25, 0.3) is 5.91 Å². The van der Waals surface area contributed by atoms with Crippen LogP contribution in [-0.4, -0.2) is 60.6 Å². The van der Waals surface area contributed by atoms with E-state index in [0.717, 1.165) is 30.5 Å². The molecule has 0 bridgehead atoms. The molecule has 2 heterocycles. The molecular formula is C27H33N3O4. The summed E-state index contributed by atoms with van der Waals surface area (Å²) in [5.41, 5.74) is 2.69. The van der Waals surface area contributed by atoms with E-state index >= 15 is 0 Å². The number of fused-ring (bicyclic) bond motifs is 1. The van der Waals surface area contributed by atoms with Gasteiger partial charge < -0.3 is 19.7 Å². The minimum atomic E-state index is -0.186. The highest BCUT2D eigenvalue weighted by atomic mass is 16.7. The molecule has 2 aliphatic heterocycles. The molecule has 3 aliphatic rings. The molecule has 1 saturated carbocycles. The molecule has 2 aromatic rings. The molecule has 2 fully saturated rings. The Morgan fingerprint density at radius 1 is 0.971 bits per heavy atom. The summed E-state index contributed by atoms with van der Waals surface area (Å²) in [7, 11) is 0. The van der Waals surface area contributed by atoms with Gasteiger partial charge in [-0.25, -0.2) is 0 Å². The van der Waals surface area contributed by atoms with E-state index in [2.05, 4.69) is 17.1 Å². The number of carbonyl (C=O) groups excluding carboxylic acids is 2. The lowest BCUT2D eigenvalue weighted by Crippen LogP contribution is -2.56. The van der Waals surface area contributed by atoms with Crippen molar-refractivity contribution in [1.29, 1.82) is 0 Å². The molecule has 1 aliphatic carbocycles. The lowest BCUT2D eigenvalue weighted by Gasteiger charge is -2.40. The summed E-state index contributed by atoms with van der Waals surface area (Å²) < 4.78 is 10.8. The Kier molecular flexibility index (Phi) is 6.72. The van der Waals surface area contributed by atoms with Crippen LogP contribution in [0, 0.1) is 5.92 Å². The number of rotatable bonds is 6. The minimum Gasteiger partial charge on any atom is -0.454 e. The summed E-state index contributed by atoms with van der Waals surface area (Å²) in [6.45, 7) is 5.00. The van der Waals surface area contributed by atoms with Crippen LogP contribution in [0.25, 0.3) is 0 Å². The Balaban J connectivity index is 1.24. The summed E-state index contributed by atoms with van der Waals surface area (Å²) >= 11 is 0. The number of nitrogens with zero attached hydrogens (tertiary/aromatic N) is 2. The lowest BCUT2D eigenvalue weighted by atomic mass is 9.94. The van der Waals surface area contributed by atoms with Gasteiger partial charge in [-0.05, 0) is 55.0 Å². The third-order valence-corrected chi connectivity index (χ3v) is 7.36. The van der Waals surface area contributed by atoms with E-state index in [1.54, 1.807) is 0 Å². The number of hydrogen-bond acceptors (Lipinski definition) is 5. The van der Waals surface area contributed by atoms with Crippen molar-refractivity contribution in [2.75, 3.05) is 38.3 Å². The molecule has 34 heavy (non-hydrogen) atoms. The van der Waals surface area contributed by atoms with Gasteiger partial charge in [0.2, 0.25) is 12.7 Å². The molecular weight excluding hydrogens is 430 g/mol. The lowest BCUT2D eigenvalue weighted by molar-refractivity contribution is -0.123. The third-order valence-electron chi connectivity index (χ3n) is 7.36. The average Bonchev–Trinajstić information content (AvgIpc) is 3.56. The van der Waals surface area contributed by atoms with E-state index in [-0.39, 0.29) is 24.6 Å². The van der Waals surface area contributed by atoms with Crippen molar-refractivity contribution >= 4 is 17.5 Å². The van der Waals surface area contributed by atoms with Crippen LogP contribution in [0.15, 0.2) is 42.5 Å². The van der Waals surface area contributed by atoms with Gasteiger partial charge in [-0.2, -0.15) is 0 Å². The number of piperazine rings is 1. The standard InChI is InChI=1S/C27H33N3O4/c1-2-19-7-9-21(10-8-19)27(32)30-15-13-29(14-16-30)25(20-5-3-4-6-20)26(31)28-22-11-12-23-24(17-22)34-18-33-23/h7-12,17,20,25H,2-6,13-16,18H2,1H3,(H,28,31). The van der Waals surface area contributed by atoms with Crippen LogP contribution >= 0.6 is 0 Å². The molecule has 1 unspecified atom stereocenters. The second-order valence-electron chi connectivity index (χ2n) is 9.43. The predicted octanol–water partition coefficient (Wildman–Crippen LogP) is 3.93. The van der Waals surface area contributed by atoms with Crippen molar-refractivity contribution in [2.45, 2.75) is 45.1 Å². The molecule has 1 atom stereocenters. The predicted molar refractivity (Wildman–Crippen MR) is 130 cm³/mol. The Bertz CT molecular complexity index is 1020. The maximum atomic E-state index is 13.5. The maximum absolute atomic E-state index is 13.5. The fourth-order valence-corrected chi connectivity index (χ4v) is 5.41. The molecule has 0 radical (unpaired) electrons. The van der Waals surface area contributed by atoms with E-state index in [0.29, 0.717) is 43.6 Å². The zero-order chi connectivity index (χ0) is 23.5. The van der Waals surface area contributed by atoms with Gasteiger partial charge in [-0.1, -0.05) is 31.9 Å². The van der Waals surface area contributed by atoms with Crippen LogP contribution in [0.2, 0.25) is 0 Å². The number of benzene rings is 2. The van der Waals surface area contributed by atoms with Gasteiger partial charge >= 0.3 is 0 Å². The van der Waals surface area contributed by atoms with Crippen molar-refractivity contribution in [3.05, 3.63) is 53.6 Å². The zero-order valence-corrected chi connectivity index (χ0v) is 19.8. The van der Waals surface area contributed by atoms with Gasteiger partial charge in [0.05, 0.1) is 6.04 Å². The molecule has 1 N–H and O–H groups in total. The fraction of sp³-hybridized carbons (Fsp3) is 0.481. The maximum Gasteiger partial charge on any atom is 0.253 e. The highest BCUT2D eigenvalue weighted by Crippen LogP contribution is 2.35. The van der Waals surface area contributed by atoms with Crippen molar-refractivity contribution in [3.63, 3.8) is 0 Å². The number of ether oxygens (including phenoxy) is 2. The van der Waals surface area contributed by atoms with Crippen LogP contribution in [-0.2, 0) is 11.2 Å². The normalized spacial score (nSPS) is 19.3. The molecule has 2 aromatic carbocycles. The summed E-state index contributed by atoms with van der Waals surface area (Å²) in [6.07, 6.45) is 5.45. The van der Waals surface area contributed by atoms with Gasteiger partial charge in [0, 0.05) is 43.5 Å². The van der Waals surface area contributed by atoms with Gasteiger partial charge in [0.15, 0.2) is 11.5 Å². The van der Waals surface area contributed by atoms with Crippen LogP contribution in [0.3, 0.4) is 0 Å². The molecule has 5 rings (SSSR count). The molecule has 7 heteroatoms. The van der Waals surface area contributed by atoms with Crippen LogP contribution in [0.5, 0.6) is 11.5 Å². The number of aryl methyl sites for hydroxylation is 1. The molecule has 0 aromatic heterocycles. The summed E-state index contributed by atoms with van der Waals surface area (Å²) in [4.78, 5) is 30.7. The molecule has 180 valence electrons. The highest BCUT2D eigenvalue weighted by molar-refractivity contribution is 5.96. The zero-order valence-electron chi connectivity index (χ0n) is 19.8. The highest BCUT2D eigenvalue weighted by Gasteiger charge is 2.37. The van der Waals surface area contributed by atoms with Crippen LogP contribution < -0.4 is 14.8 Å². The van der Waals surface area contributed by atoms with Gasteiger partial charge in [0.1, 0.15) is 0 Å². The number of amides is 2. The Hall–Kier alpha value is -3.06. The Labute approximate surface area is 201 Å². The first-order valence-corrected chi connectivity index (χ1v) is 12.4. The first-order chi connectivity index (χ1) is 16.6. The number of nitrogens with one attached hydrogen (secondary N) is 1. The average molecular weight is 464 g/mol. The van der Waals surface area contributed by atoms with Crippen LogP contribution in [0.4, 0.5) is 5.69 Å². The summed E-state index contributed by atoms with van der Waals surface area (Å²) in [5.74, 6) is 1.81. The van der Waals surface area contributed by atoms with Crippen molar-refractivity contribution in [3.8, 4) is 11.5 Å².